The number of carboxylic acids is 1. The average molecular weight is 332 g/mol. The highest BCUT2D eigenvalue weighted by Crippen LogP contribution is 2.21. The van der Waals surface area contributed by atoms with Crippen molar-refractivity contribution in [2.24, 2.45) is 11.7 Å². The number of carbonyl (C=O) groups excluding carboxylic acids is 2. The maximum atomic E-state index is 12.1. The lowest BCUT2D eigenvalue weighted by atomic mass is 9.94. The number of carboxylic acid groups (broad SMARTS) is 1. The van der Waals surface area contributed by atoms with Gasteiger partial charge in [-0.1, -0.05) is 39.5 Å². The number of primary amides is 1. The minimum atomic E-state index is -1.17. The van der Waals surface area contributed by atoms with E-state index in [-0.39, 0.29) is 12.8 Å². The van der Waals surface area contributed by atoms with Gasteiger partial charge >= 0.3 is 5.97 Å². The van der Waals surface area contributed by atoms with Crippen LogP contribution in [0.5, 0.6) is 0 Å². The van der Waals surface area contributed by atoms with Crippen LogP contribution < -0.4 is 11.1 Å². The molecule has 22 heavy (non-hydrogen) atoms. The number of amides is 2. The molecule has 3 atom stereocenters. The maximum Gasteiger partial charge on any atom is 0.326 e. The predicted octanol–water partition coefficient (Wildman–Crippen LogP) is 1.73. The summed E-state index contributed by atoms with van der Waals surface area (Å²) in [7, 11) is 0. The first-order valence-corrected chi connectivity index (χ1v) is 8.32. The third kappa shape index (κ3) is 8.92. The summed E-state index contributed by atoms with van der Waals surface area (Å²) in [6.45, 7) is 4.19. The summed E-state index contributed by atoms with van der Waals surface area (Å²) >= 11 is 4.30. The van der Waals surface area contributed by atoms with Gasteiger partial charge in [0.1, 0.15) is 6.04 Å². The fourth-order valence-corrected chi connectivity index (χ4v) is 2.59. The van der Waals surface area contributed by atoms with E-state index in [0.29, 0.717) is 12.3 Å². The lowest BCUT2D eigenvalue weighted by molar-refractivity contribution is -0.142. The van der Waals surface area contributed by atoms with Crippen LogP contribution in [0.4, 0.5) is 0 Å². The zero-order valence-corrected chi connectivity index (χ0v) is 14.3. The van der Waals surface area contributed by atoms with Gasteiger partial charge in [0.15, 0.2) is 0 Å². The fraction of sp³-hybridized carbons (Fsp3) is 0.800. The Labute approximate surface area is 137 Å². The highest BCUT2D eigenvalue weighted by molar-refractivity contribution is 7.81. The quantitative estimate of drug-likeness (QED) is 0.408. The molecule has 0 aliphatic heterocycles. The van der Waals surface area contributed by atoms with E-state index in [1.165, 1.54) is 0 Å². The predicted molar refractivity (Wildman–Crippen MR) is 88.7 cm³/mol. The highest BCUT2D eigenvalue weighted by Gasteiger charge is 2.25. The van der Waals surface area contributed by atoms with Gasteiger partial charge in [0.05, 0.1) is 5.25 Å². The van der Waals surface area contributed by atoms with Gasteiger partial charge in [0.25, 0.3) is 0 Å². The number of rotatable bonds is 12. The number of aliphatic carboxylic acids is 1. The second-order valence-corrected chi connectivity index (χ2v) is 6.20. The van der Waals surface area contributed by atoms with Crippen molar-refractivity contribution in [3.8, 4) is 0 Å². The normalized spacial score (nSPS) is 14.9. The molecule has 0 bridgehead atoms. The van der Waals surface area contributed by atoms with Gasteiger partial charge < -0.3 is 16.2 Å². The van der Waals surface area contributed by atoms with E-state index in [0.717, 1.165) is 25.7 Å². The van der Waals surface area contributed by atoms with Crippen LogP contribution in [0, 0.1) is 5.92 Å². The minimum absolute atomic E-state index is 0.00997. The smallest absolute Gasteiger partial charge is 0.326 e. The van der Waals surface area contributed by atoms with Crippen molar-refractivity contribution >= 4 is 30.4 Å². The van der Waals surface area contributed by atoms with Crippen LogP contribution in [-0.2, 0) is 14.4 Å². The van der Waals surface area contributed by atoms with Crippen LogP contribution in [0.15, 0.2) is 0 Å². The van der Waals surface area contributed by atoms with Crippen molar-refractivity contribution in [2.75, 3.05) is 0 Å². The molecule has 0 fully saturated rings. The molecule has 0 saturated heterocycles. The van der Waals surface area contributed by atoms with E-state index in [1.54, 1.807) is 0 Å². The molecule has 0 heterocycles. The highest BCUT2D eigenvalue weighted by atomic mass is 32.1. The SMILES string of the molecule is CCCCC(CC)C[C@H](S)C(=O)NC(CCC(N)=O)C(=O)O. The molecule has 0 aromatic carbocycles. The molecule has 0 radical (unpaired) electrons. The first kappa shape index (κ1) is 20.8. The van der Waals surface area contributed by atoms with Crippen molar-refractivity contribution in [2.45, 2.75) is 70.1 Å². The summed E-state index contributed by atoms with van der Waals surface area (Å²) < 4.78 is 0. The van der Waals surface area contributed by atoms with E-state index in [9.17, 15) is 14.4 Å². The number of unbranched alkanes of at least 4 members (excludes halogenated alkanes) is 1. The molecule has 6 nitrogen and oxygen atoms in total. The van der Waals surface area contributed by atoms with Crippen LogP contribution in [0.3, 0.4) is 0 Å². The molecule has 7 heteroatoms. The van der Waals surface area contributed by atoms with Crippen molar-refractivity contribution in [1.29, 1.82) is 0 Å². The third-order valence-electron chi connectivity index (χ3n) is 3.70. The zero-order valence-electron chi connectivity index (χ0n) is 13.4. The topological polar surface area (TPSA) is 109 Å². The molecule has 2 amide bonds. The minimum Gasteiger partial charge on any atom is -0.480 e. The number of nitrogens with one attached hydrogen (secondary N) is 1. The molecule has 0 aromatic rings. The molecule has 2 unspecified atom stereocenters. The molecule has 4 N–H and O–H groups in total. The number of thiol groups is 1. The van der Waals surface area contributed by atoms with Crippen LogP contribution >= 0.6 is 12.6 Å². The maximum absolute atomic E-state index is 12.1. The Kier molecular flexibility index (Phi) is 10.7. The van der Waals surface area contributed by atoms with Gasteiger partial charge in [-0.3, -0.25) is 9.59 Å². The van der Waals surface area contributed by atoms with E-state index in [4.69, 9.17) is 10.8 Å². The summed E-state index contributed by atoms with van der Waals surface area (Å²) in [6, 6.07) is -1.11. The Balaban J connectivity index is 4.45. The van der Waals surface area contributed by atoms with Gasteiger partial charge in [-0.25, -0.2) is 4.79 Å². The van der Waals surface area contributed by atoms with Crippen LogP contribution in [0.25, 0.3) is 0 Å². The van der Waals surface area contributed by atoms with E-state index >= 15 is 0 Å². The third-order valence-corrected chi connectivity index (χ3v) is 4.14. The molecule has 0 saturated carbocycles. The lowest BCUT2D eigenvalue weighted by Crippen LogP contribution is -2.45. The van der Waals surface area contributed by atoms with E-state index in [2.05, 4.69) is 31.8 Å². The fourth-order valence-electron chi connectivity index (χ4n) is 2.22. The van der Waals surface area contributed by atoms with Crippen LogP contribution in [-0.4, -0.2) is 34.2 Å². The first-order chi connectivity index (χ1) is 10.3. The zero-order chi connectivity index (χ0) is 17.1. The average Bonchev–Trinajstić information content (AvgIpc) is 2.46. The number of hydrogen-bond acceptors (Lipinski definition) is 4. The summed E-state index contributed by atoms with van der Waals surface area (Å²) in [6.07, 6.45) is 4.75. The Hall–Kier alpha value is -1.24. The summed E-state index contributed by atoms with van der Waals surface area (Å²) in [4.78, 5) is 33.9. The van der Waals surface area contributed by atoms with Gasteiger partial charge in [0.2, 0.25) is 11.8 Å². The lowest BCUT2D eigenvalue weighted by Gasteiger charge is -2.21. The number of carbonyl (C=O) groups is 3. The van der Waals surface area contributed by atoms with Gasteiger partial charge in [0, 0.05) is 6.42 Å². The second-order valence-electron chi connectivity index (χ2n) is 5.57. The molecule has 0 spiro atoms. The molecule has 0 aromatic heterocycles. The monoisotopic (exact) mass is 332 g/mol. The molecule has 0 aliphatic carbocycles. The second kappa shape index (κ2) is 11.3. The Morgan fingerprint density at radius 1 is 1.23 bits per heavy atom. The van der Waals surface area contributed by atoms with Crippen LogP contribution in [0.2, 0.25) is 0 Å². The molecular formula is C15H28N2O4S. The summed E-state index contributed by atoms with van der Waals surface area (Å²) in [5, 5.41) is 11.0. The van der Waals surface area contributed by atoms with E-state index < -0.39 is 29.1 Å². The Morgan fingerprint density at radius 2 is 1.86 bits per heavy atom. The van der Waals surface area contributed by atoms with Gasteiger partial charge in [-0.05, 0) is 18.8 Å². The first-order valence-electron chi connectivity index (χ1n) is 7.81. The largest absolute Gasteiger partial charge is 0.480 e. The van der Waals surface area contributed by atoms with Crippen molar-refractivity contribution in [3.63, 3.8) is 0 Å². The van der Waals surface area contributed by atoms with Crippen LogP contribution in [0.1, 0.15) is 58.8 Å². The molecule has 128 valence electrons. The number of hydrogen-bond donors (Lipinski definition) is 4. The molecule has 0 aliphatic rings. The van der Waals surface area contributed by atoms with Crippen molar-refractivity contribution in [3.05, 3.63) is 0 Å². The Bertz CT molecular complexity index is 377. The summed E-state index contributed by atoms with van der Waals surface area (Å²) in [5.41, 5.74) is 5.00. The van der Waals surface area contributed by atoms with Crippen molar-refractivity contribution in [1.82, 2.24) is 5.32 Å². The number of nitrogens with two attached hydrogens (primary N) is 1. The Morgan fingerprint density at radius 3 is 2.32 bits per heavy atom. The molecule has 0 rings (SSSR count). The van der Waals surface area contributed by atoms with E-state index in [1.807, 2.05) is 0 Å². The van der Waals surface area contributed by atoms with Gasteiger partial charge in [-0.15, -0.1) is 0 Å². The van der Waals surface area contributed by atoms with Gasteiger partial charge in [-0.2, -0.15) is 12.6 Å². The van der Waals surface area contributed by atoms with Crippen molar-refractivity contribution < 1.29 is 19.5 Å². The molecular weight excluding hydrogens is 304 g/mol. The standard InChI is InChI=1S/C15H28N2O4S/c1-3-5-6-10(4-2)9-12(22)14(19)17-11(15(20)21)7-8-13(16)18/h10-12,22H,3-9H2,1-2H3,(H2,16,18)(H,17,19)(H,20,21)/t10?,11?,12-/m0/s1. The summed E-state index contributed by atoms with van der Waals surface area (Å²) in [5.74, 6) is -1.76.